The Hall–Kier alpha value is -0.610. The Morgan fingerprint density at radius 1 is 1.50 bits per heavy atom. The summed E-state index contributed by atoms with van der Waals surface area (Å²) in [4.78, 5) is 13.7. The number of nitrogens with one attached hydrogen (secondary N) is 1. The van der Waals surface area contributed by atoms with Crippen LogP contribution in [0.15, 0.2) is 0 Å². The molecule has 1 unspecified atom stereocenters. The van der Waals surface area contributed by atoms with Gasteiger partial charge in [-0.05, 0) is 18.3 Å². The lowest BCUT2D eigenvalue weighted by Crippen LogP contribution is -2.43. The second-order valence-electron chi connectivity index (χ2n) is 4.44. The Morgan fingerprint density at radius 2 is 2.07 bits per heavy atom. The molecule has 4 heteroatoms. The lowest BCUT2D eigenvalue weighted by atomic mass is 10.0. The average Bonchev–Trinajstić information content (AvgIpc) is 2.74. The number of carbonyl (C=O) groups excluding carboxylic acids is 1. The Bertz CT molecular complexity index is 219. The molecule has 2 heterocycles. The molecule has 80 valence electrons. The van der Waals surface area contributed by atoms with E-state index in [1.165, 1.54) is 0 Å². The molecule has 0 aromatic rings. The molecule has 2 aliphatic heterocycles. The smallest absolute Gasteiger partial charge is 0.239 e. The summed E-state index contributed by atoms with van der Waals surface area (Å²) in [6.45, 7) is 5.90. The lowest BCUT2D eigenvalue weighted by molar-refractivity contribution is -0.131. The number of hydrogen-bond acceptors (Lipinski definition) is 3. The quantitative estimate of drug-likeness (QED) is 0.621. The van der Waals surface area contributed by atoms with Gasteiger partial charge in [0, 0.05) is 26.2 Å². The van der Waals surface area contributed by atoms with Crippen molar-refractivity contribution in [1.29, 1.82) is 0 Å². The third kappa shape index (κ3) is 1.64. The SMILES string of the molecule is CCC(N)C(=O)N1C[C@H]2CNC[C@H]2C1. The number of fused-ring (bicyclic) bond motifs is 1. The van der Waals surface area contributed by atoms with Crippen LogP contribution in [0.1, 0.15) is 13.3 Å². The zero-order valence-corrected chi connectivity index (χ0v) is 8.70. The summed E-state index contributed by atoms with van der Waals surface area (Å²) in [5.41, 5.74) is 5.74. The maximum absolute atomic E-state index is 11.8. The predicted octanol–water partition coefficient (Wildman–Crippen LogP) is -0.598. The van der Waals surface area contributed by atoms with Gasteiger partial charge in [-0.3, -0.25) is 4.79 Å². The number of nitrogens with zero attached hydrogens (tertiary/aromatic N) is 1. The zero-order chi connectivity index (χ0) is 10.1. The molecule has 0 spiro atoms. The van der Waals surface area contributed by atoms with Crippen molar-refractivity contribution in [3.05, 3.63) is 0 Å². The van der Waals surface area contributed by atoms with Crippen molar-refractivity contribution >= 4 is 5.91 Å². The Labute approximate surface area is 84.8 Å². The summed E-state index contributed by atoms with van der Waals surface area (Å²) >= 11 is 0. The highest BCUT2D eigenvalue weighted by Gasteiger charge is 2.38. The highest BCUT2D eigenvalue weighted by atomic mass is 16.2. The molecule has 2 rings (SSSR count). The van der Waals surface area contributed by atoms with Gasteiger partial charge in [0.1, 0.15) is 0 Å². The number of hydrogen-bond donors (Lipinski definition) is 2. The number of likely N-dealkylation sites (tertiary alicyclic amines) is 1. The number of carbonyl (C=O) groups is 1. The minimum absolute atomic E-state index is 0.141. The Kier molecular flexibility index (Phi) is 2.74. The molecule has 14 heavy (non-hydrogen) atoms. The summed E-state index contributed by atoms with van der Waals surface area (Å²) in [5.74, 6) is 1.48. The Morgan fingerprint density at radius 3 is 2.57 bits per heavy atom. The summed E-state index contributed by atoms with van der Waals surface area (Å²) < 4.78 is 0. The van der Waals surface area contributed by atoms with Crippen LogP contribution in [0.5, 0.6) is 0 Å². The van der Waals surface area contributed by atoms with Crippen LogP contribution in [0.4, 0.5) is 0 Å². The van der Waals surface area contributed by atoms with E-state index in [9.17, 15) is 4.79 Å². The van der Waals surface area contributed by atoms with Crippen LogP contribution in [0.3, 0.4) is 0 Å². The fourth-order valence-electron chi connectivity index (χ4n) is 2.44. The standard InChI is InChI=1S/C10H19N3O/c1-2-9(11)10(14)13-5-7-3-12-4-8(7)6-13/h7-9,12H,2-6,11H2,1H3/t7-,8+,9?. The van der Waals surface area contributed by atoms with Gasteiger partial charge < -0.3 is 16.0 Å². The van der Waals surface area contributed by atoms with Gasteiger partial charge in [0.25, 0.3) is 0 Å². The molecule has 1 amide bonds. The first-order valence-corrected chi connectivity index (χ1v) is 5.47. The molecule has 2 aliphatic rings. The summed E-state index contributed by atoms with van der Waals surface area (Å²) in [7, 11) is 0. The summed E-state index contributed by atoms with van der Waals surface area (Å²) in [5, 5.41) is 3.36. The molecular weight excluding hydrogens is 178 g/mol. The topological polar surface area (TPSA) is 58.4 Å². The molecule has 4 nitrogen and oxygen atoms in total. The molecule has 3 atom stereocenters. The van der Waals surface area contributed by atoms with Crippen molar-refractivity contribution in [2.24, 2.45) is 17.6 Å². The van der Waals surface area contributed by atoms with Crippen LogP contribution in [-0.4, -0.2) is 43.0 Å². The van der Waals surface area contributed by atoms with E-state index in [0.29, 0.717) is 11.8 Å². The van der Waals surface area contributed by atoms with Crippen LogP contribution in [0, 0.1) is 11.8 Å². The third-order valence-electron chi connectivity index (χ3n) is 3.46. The van der Waals surface area contributed by atoms with Crippen LogP contribution >= 0.6 is 0 Å². The highest BCUT2D eigenvalue weighted by Crippen LogP contribution is 2.26. The van der Waals surface area contributed by atoms with Crippen LogP contribution in [-0.2, 0) is 4.79 Å². The Balaban J connectivity index is 1.92. The summed E-state index contributed by atoms with van der Waals surface area (Å²) in [6.07, 6.45) is 0.739. The molecule has 0 saturated carbocycles. The van der Waals surface area contributed by atoms with Gasteiger partial charge in [-0.25, -0.2) is 0 Å². The minimum Gasteiger partial charge on any atom is -0.341 e. The second kappa shape index (κ2) is 3.87. The van der Waals surface area contributed by atoms with Crippen molar-refractivity contribution in [2.75, 3.05) is 26.2 Å². The van der Waals surface area contributed by atoms with E-state index >= 15 is 0 Å². The summed E-state index contributed by atoms with van der Waals surface area (Å²) in [6, 6.07) is -0.290. The van der Waals surface area contributed by atoms with Crippen molar-refractivity contribution in [1.82, 2.24) is 10.2 Å². The fraction of sp³-hybridized carbons (Fsp3) is 0.900. The van der Waals surface area contributed by atoms with E-state index in [4.69, 9.17) is 5.73 Å². The molecule has 2 saturated heterocycles. The van der Waals surface area contributed by atoms with E-state index in [0.717, 1.165) is 32.6 Å². The molecule has 0 aliphatic carbocycles. The molecule has 3 N–H and O–H groups in total. The lowest BCUT2D eigenvalue weighted by Gasteiger charge is -2.20. The van der Waals surface area contributed by atoms with Crippen LogP contribution in [0.2, 0.25) is 0 Å². The zero-order valence-electron chi connectivity index (χ0n) is 8.70. The maximum atomic E-state index is 11.8. The van der Waals surface area contributed by atoms with Crippen molar-refractivity contribution < 1.29 is 4.79 Å². The van der Waals surface area contributed by atoms with Gasteiger partial charge in [0.15, 0.2) is 0 Å². The van der Waals surface area contributed by atoms with Gasteiger partial charge in [-0.1, -0.05) is 6.92 Å². The maximum Gasteiger partial charge on any atom is 0.239 e. The molecule has 0 bridgehead atoms. The first-order valence-electron chi connectivity index (χ1n) is 5.47. The average molecular weight is 197 g/mol. The van der Waals surface area contributed by atoms with Crippen molar-refractivity contribution in [2.45, 2.75) is 19.4 Å². The van der Waals surface area contributed by atoms with E-state index in [2.05, 4.69) is 5.32 Å². The number of rotatable bonds is 2. The fourth-order valence-corrected chi connectivity index (χ4v) is 2.44. The minimum atomic E-state index is -0.290. The van der Waals surface area contributed by atoms with Gasteiger partial charge in [-0.2, -0.15) is 0 Å². The van der Waals surface area contributed by atoms with E-state index in [1.807, 2.05) is 11.8 Å². The van der Waals surface area contributed by atoms with E-state index < -0.39 is 0 Å². The van der Waals surface area contributed by atoms with Crippen molar-refractivity contribution in [3.63, 3.8) is 0 Å². The molecule has 0 aromatic carbocycles. The molecular formula is C10H19N3O. The van der Waals surface area contributed by atoms with Gasteiger partial charge >= 0.3 is 0 Å². The van der Waals surface area contributed by atoms with E-state index in [1.54, 1.807) is 0 Å². The molecule has 2 fully saturated rings. The monoisotopic (exact) mass is 197 g/mol. The molecule has 0 radical (unpaired) electrons. The largest absolute Gasteiger partial charge is 0.341 e. The normalized spacial score (nSPS) is 33.1. The van der Waals surface area contributed by atoms with Crippen LogP contribution < -0.4 is 11.1 Å². The third-order valence-corrected chi connectivity index (χ3v) is 3.46. The first-order chi connectivity index (χ1) is 6.72. The number of amides is 1. The second-order valence-corrected chi connectivity index (χ2v) is 4.44. The number of nitrogens with two attached hydrogens (primary N) is 1. The van der Waals surface area contributed by atoms with Crippen molar-refractivity contribution in [3.8, 4) is 0 Å². The van der Waals surface area contributed by atoms with E-state index in [-0.39, 0.29) is 11.9 Å². The van der Waals surface area contributed by atoms with Gasteiger partial charge in [0.05, 0.1) is 6.04 Å². The predicted molar refractivity (Wildman–Crippen MR) is 54.7 cm³/mol. The highest BCUT2D eigenvalue weighted by molar-refractivity contribution is 5.81. The van der Waals surface area contributed by atoms with Crippen LogP contribution in [0.25, 0.3) is 0 Å². The first kappa shape index (κ1) is 9.93. The van der Waals surface area contributed by atoms with Gasteiger partial charge in [-0.15, -0.1) is 0 Å². The van der Waals surface area contributed by atoms with Gasteiger partial charge in [0.2, 0.25) is 5.91 Å². The molecule has 0 aromatic heterocycles.